The van der Waals surface area contributed by atoms with Crippen molar-refractivity contribution in [3.63, 3.8) is 0 Å². The van der Waals surface area contributed by atoms with Crippen LogP contribution in [0.4, 0.5) is 10.7 Å². The highest BCUT2D eigenvalue weighted by molar-refractivity contribution is 7.16. The molecule has 0 unspecified atom stereocenters. The third-order valence-electron chi connectivity index (χ3n) is 5.74. The number of hydrogen-bond donors (Lipinski definition) is 1. The Morgan fingerprint density at radius 2 is 1.88 bits per heavy atom. The van der Waals surface area contributed by atoms with Crippen LogP contribution in [0.1, 0.15) is 57.6 Å². The van der Waals surface area contributed by atoms with Crippen LogP contribution in [0.2, 0.25) is 0 Å². The number of para-hydroxylation sites is 1. The van der Waals surface area contributed by atoms with E-state index in [1.165, 1.54) is 17.7 Å². The highest BCUT2D eigenvalue weighted by Gasteiger charge is 2.24. The van der Waals surface area contributed by atoms with Gasteiger partial charge in [0.1, 0.15) is 17.4 Å². The first-order valence-corrected chi connectivity index (χ1v) is 12.2. The van der Waals surface area contributed by atoms with Gasteiger partial charge in [-0.1, -0.05) is 48.6 Å². The molecule has 4 rings (SSSR count). The summed E-state index contributed by atoms with van der Waals surface area (Å²) in [4.78, 5) is 19.5. The number of aliphatic imine (C=N–C) groups is 1. The smallest absolute Gasteiger partial charge is 0.259 e. The van der Waals surface area contributed by atoms with Gasteiger partial charge in [0, 0.05) is 22.3 Å². The van der Waals surface area contributed by atoms with Crippen molar-refractivity contribution >= 4 is 34.1 Å². The number of nitrogens with one attached hydrogen (secondary N) is 1. The molecule has 2 aromatic carbocycles. The van der Waals surface area contributed by atoms with Crippen LogP contribution < -0.4 is 10.1 Å². The molecule has 1 heterocycles. The van der Waals surface area contributed by atoms with Crippen LogP contribution in [0.5, 0.6) is 5.75 Å². The Labute approximate surface area is 199 Å². The summed E-state index contributed by atoms with van der Waals surface area (Å²) in [5, 5.41) is 3.83. The lowest BCUT2D eigenvalue weighted by Gasteiger charge is -2.12. The largest absolute Gasteiger partial charge is 0.480 e. The van der Waals surface area contributed by atoms with Crippen LogP contribution in [0, 0.1) is 19.3 Å². The van der Waals surface area contributed by atoms with Crippen LogP contribution in [-0.2, 0) is 12.8 Å². The molecule has 3 aromatic rings. The van der Waals surface area contributed by atoms with Gasteiger partial charge in [0.25, 0.3) is 5.91 Å². The van der Waals surface area contributed by atoms with E-state index in [0.717, 1.165) is 53.1 Å². The molecule has 0 spiro atoms. The monoisotopic (exact) mass is 456 g/mol. The Balaban J connectivity index is 1.69. The van der Waals surface area contributed by atoms with E-state index in [2.05, 4.69) is 11.2 Å². The average molecular weight is 457 g/mol. The molecule has 5 heteroatoms. The number of carbonyl (C=O) groups is 1. The van der Waals surface area contributed by atoms with Crippen molar-refractivity contribution in [1.29, 1.82) is 0 Å². The van der Waals surface area contributed by atoms with E-state index in [1.54, 1.807) is 17.6 Å². The van der Waals surface area contributed by atoms with E-state index in [9.17, 15) is 4.79 Å². The zero-order valence-electron chi connectivity index (χ0n) is 18.9. The van der Waals surface area contributed by atoms with Crippen LogP contribution in [-0.4, -0.2) is 18.7 Å². The van der Waals surface area contributed by atoms with Crippen molar-refractivity contribution in [3.8, 4) is 18.1 Å². The summed E-state index contributed by atoms with van der Waals surface area (Å²) in [6, 6.07) is 15.5. The lowest BCUT2D eigenvalue weighted by molar-refractivity contribution is 0.102. The van der Waals surface area contributed by atoms with Gasteiger partial charge in [-0.15, -0.1) is 17.8 Å². The van der Waals surface area contributed by atoms with Gasteiger partial charge in [0.15, 0.2) is 0 Å². The summed E-state index contributed by atoms with van der Waals surface area (Å²) in [7, 11) is 0. The molecule has 0 saturated carbocycles. The molecule has 33 heavy (non-hydrogen) atoms. The standard InChI is InChI=1S/C28H28N2O2S/c1-3-18-32-24-12-9-8-10-21(24)19-29-28-26(23-11-6-4-5-7-13-25(23)33-28)27(31)30-22-16-14-20(2)15-17-22/h1,8-10,12,14-17,19H,4-7,11,13,18H2,2H3,(H,30,31). The molecule has 0 bridgehead atoms. The molecular formula is C28H28N2O2S. The number of ether oxygens (including phenoxy) is 1. The molecule has 0 saturated heterocycles. The molecule has 1 aliphatic carbocycles. The van der Waals surface area contributed by atoms with Crippen molar-refractivity contribution in [2.24, 2.45) is 4.99 Å². The van der Waals surface area contributed by atoms with E-state index in [-0.39, 0.29) is 12.5 Å². The molecule has 0 atom stereocenters. The number of amides is 1. The molecule has 0 aliphatic heterocycles. The van der Waals surface area contributed by atoms with Gasteiger partial charge in [-0.3, -0.25) is 4.79 Å². The van der Waals surface area contributed by atoms with E-state index < -0.39 is 0 Å². The molecular weight excluding hydrogens is 428 g/mol. The molecule has 0 fully saturated rings. The number of carbonyl (C=O) groups excluding carboxylic acids is 1. The van der Waals surface area contributed by atoms with E-state index in [0.29, 0.717) is 11.3 Å². The summed E-state index contributed by atoms with van der Waals surface area (Å²) in [6.45, 7) is 2.23. The summed E-state index contributed by atoms with van der Waals surface area (Å²) in [5.41, 5.74) is 4.64. The zero-order valence-corrected chi connectivity index (χ0v) is 19.7. The SMILES string of the molecule is C#CCOc1ccccc1C=Nc1sc2c(c1C(=O)Nc1ccc(C)cc1)CCCCCC2. The Hall–Kier alpha value is -3.36. The number of nitrogens with zero attached hydrogens (tertiary/aromatic N) is 1. The van der Waals surface area contributed by atoms with Crippen molar-refractivity contribution in [2.75, 3.05) is 11.9 Å². The van der Waals surface area contributed by atoms with E-state index in [1.807, 2.05) is 55.5 Å². The summed E-state index contributed by atoms with van der Waals surface area (Å²) in [6.07, 6.45) is 13.7. The number of anilines is 1. The number of fused-ring (bicyclic) bond motifs is 1. The molecule has 1 amide bonds. The fourth-order valence-electron chi connectivity index (χ4n) is 4.03. The average Bonchev–Trinajstić information content (AvgIpc) is 3.14. The third kappa shape index (κ3) is 5.71. The van der Waals surface area contributed by atoms with Crippen LogP contribution in [0.15, 0.2) is 53.5 Å². The van der Waals surface area contributed by atoms with Crippen molar-refractivity contribution in [3.05, 3.63) is 75.7 Å². The van der Waals surface area contributed by atoms with Gasteiger partial charge in [-0.25, -0.2) is 4.99 Å². The van der Waals surface area contributed by atoms with E-state index >= 15 is 0 Å². The maximum atomic E-state index is 13.4. The molecule has 1 aliphatic rings. The lowest BCUT2D eigenvalue weighted by Crippen LogP contribution is -2.14. The van der Waals surface area contributed by atoms with Crippen molar-refractivity contribution in [2.45, 2.75) is 45.4 Å². The predicted molar refractivity (Wildman–Crippen MR) is 137 cm³/mol. The minimum absolute atomic E-state index is 0.0963. The molecule has 168 valence electrons. The summed E-state index contributed by atoms with van der Waals surface area (Å²) in [5.74, 6) is 3.08. The zero-order chi connectivity index (χ0) is 23.0. The van der Waals surface area contributed by atoms with Gasteiger partial charge < -0.3 is 10.1 Å². The number of terminal acetylenes is 1. The molecule has 1 N–H and O–H groups in total. The molecule has 1 aromatic heterocycles. The van der Waals surface area contributed by atoms with Crippen LogP contribution in [0.3, 0.4) is 0 Å². The first-order chi connectivity index (χ1) is 16.2. The van der Waals surface area contributed by atoms with E-state index in [4.69, 9.17) is 16.2 Å². The van der Waals surface area contributed by atoms with Crippen LogP contribution in [0.25, 0.3) is 0 Å². The minimum atomic E-state index is -0.0963. The number of benzene rings is 2. The minimum Gasteiger partial charge on any atom is -0.480 e. The van der Waals surface area contributed by atoms with Gasteiger partial charge in [-0.2, -0.15) is 0 Å². The van der Waals surface area contributed by atoms with Gasteiger partial charge in [0.2, 0.25) is 0 Å². The maximum Gasteiger partial charge on any atom is 0.259 e. The predicted octanol–water partition coefficient (Wildman–Crippen LogP) is 6.73. The molecule has 4 nitrogen and oxygen atoms in total. The van der Waals surface area contributed by atoms with Crippen LogP contribution >= 0.6 is 11.3 Å². The topological polar surface area (TPSA) is 50.7 Å². The number of aryl methyl sites for hydroxylation is 2. The van der Waals surface area contributed by atoms with Crippen molar-refractivity contribution in [1.82, 2.24) is 0 Å². The summed E-state index contributed by atoms with van der Waals surface area (Å²) < 4.78 is 5.65. The Kier molecular flexibility index (Phi) is 7.59. The second-order valence-electron chi connectivity index (χ2n) is 8.21. The number of hydrogen-bond acceptors (Lipinski definition) is 4. The lowest BCUT2D eigenvalue weighted by atomic mass is 9.96. The first-order valence-electron chi connectivity index (χ1n) is 11.4. The van der Waals surface area contributed by atoms with Crippen molar-refractivity contribution < 1.29 is 9.53 Å². The van der Waals surface area contributed by atoms with Gasteiger partial charge >= 0.3 is 0 Å². The second kappa shape index (κ2) is 11.0. The quantitative estimate of drug-likeness (QED) is 0.330. The highest BCUT2D eigenvalue weighted by atomic mass is 32.1. The fourth-order valence-corrected chi connectivity index (χ4v) is 5.26. The Morgan fingerprint density at radius 1 is 1.12 bits per heavy atom. The number of rotatable bonds is 6. The fraction of sp³-hybridized carbons (Fsp3) is 0.286. The third-order valence-corrected chi connectivity index (χ3v) is 6.94. The highest BCUT2D eigenvalue weighted by Crippen LogP contribution is 2.39. The maximum absolute atomic E-state index is 13.4. The van der Waals surface area contributed by atoms with Gasteiger partial charge in [0.05, 0.1) is 5.56 Å². The Bertz CT molecular complexity index is 1190. The summed E-state index contributed by atoms with van der Waals surface area (Å²) >= 11 is 1.64. The molecule has 0 radical (unpaired) electrons. The second-order valence-corrected chi connectivity index (χ2v) is 9.29. The Morgan fingerprint density at radius 3 is 2.67 bits per heavy atom. The van der Waals surface area contributed by atoms with Gasteiger partial charge in [-0.05, 0) is 62.4 Å². The normalized spacial score (nSPS) is 13.6. The number of thiophene rings is 1. The first kappa shape index (κ1) is 22.8.